The van der Waals surface area contributed by atoms with Gasteiger partial charge in [-0.05, 0) is 17.7 Å². The third-order valence-electron chi connectivity index (χ3n) is 1.10. The third-order valence-corrected chi connectivity index (χ3v) is 1.99. The van der Waals surface area contributed by atoms with Gasteiger partial charge in [-0.3, -0.25) is 0 Å². The molecule has 1 aromatic rings. The Bertz CT molecular complexity index is 185. The molecule has 0 aromatic heterocycles. The van der Waals surface area contributed by atoms with Gasteiger partial charge in [0.05, 0.1) is 0 Å². The van der Waals surface area contributed by atoms with Gasteiger partial charge in [0.2, 0.25) is 0 Å². The standard InChI is InChI=1S/C7H7BrS.Li.H/c8-7-3-1-6(5-9)2-4-7;;/h1-4,9H,5H2;;. The minimum absolute atomic E-state index is 0. The summed E-state index contributed by atoms with van der Waals surface area (Å²) in [5.74, 6) is 0.813. The first-order chi connectivity index (χ1) is 4.33. The second-order valence-corrected chi connectivity index (χ2v) is 3.02. The predicted octanol–water partition coefficient (Wildman–Crippen LogP) is 2.23. The summed E-state index contributed by atoms with van der Waals surface area (Å²) < 4.78 is 1.12. The molecular formula is C7H8BrLiS. The fraction of sp³-hybridized carbons (Fsp3) is 0.143. The van der Waals surface area contributed by atoms with Crippen LogP contribution in [0.3, 0.4) is 0 Å². The van der Waals surface area contributed by atoms with Crippen molar-refractivity contribution >= 4 is 47.4 Å². The molecule has 0 saturated heterocycles. The number of hydrogen-bond acceptors (Lipinski definition) is 1. The molecule has 0 fully saturated rings. The average Bonchev–Trinajstić information content (AvgIpc) is 1.90. The van der Waals surface area contributed by atoms with Gasteiger partial charge in [-0.15, -0.1) is 0 Å². The Balaban J connectivity index is 0.000000810. The van der Waals surface area contributed by atoms with Crippen LogP contribution in [0.4, 0.5) is 0 Å². The molecule has 0 aliphatic rings. The molecule has 0 bridgehead atoms. The fourth-order valence-corrected chi connectivity index (χ4v) is 1.06. The van der Waals surface area contributed by atoms with Crippen LogP contribution in [-0.2, 0) is 5.75 Å². The summed E-state index contributed by atoms with van der Waals surface area (Å²) in [5, 5.41) is 0. The van der Waals surface area contributed by atoms with Crippen molar-refractivity contribution in [2.24, 2.45) is 0 Å². The van der Waals surface area contributed by atoms with E-state index >= 15 is 0 Å². The summed E-state index contributed by atoms with van der Waals surface area (Å²) in [6, 6.07) is 8.14. The zero-order valence-corrected chi connectivity index (χ0v) is 7.32. The molecular weight excluding hydrogens is 203 g/mol. The van der Waals surface area contributed by atoms with Gasteiger partial charge in [0.15, 0.2) is 0 Å². The second-order valence-electron chi connectivity index (χ2n) is 1.78. The van der Waals surface area contributed by atoms with Crippen molar-refractivity contribution in [3.05, 3.63) is 34.3 Å². The van der Waals surface area contributed by atoms with Crippen LogP contribution < -0.4 is 0 Å². The number of rotatable bonds is 1. The first-order valence-electron chi connectivity index (χ1n) is 2.68. The van der Waals surface area contributed by atoms with E-state index in [1.165, 1.54) is 5.56 Å². The zero-order valence-electron chi connectivity index (χ0n) is 4.84. The topological polar surface area (TPSA) is 0 Å². The van der Waals surface area contributed by atoms with Crippen LogP contribution in [0.15, 0.2) is 28.7 Å². The van der Waals surface area contributed by atoms with E-state index in [-0.39, 0.29) is 18.9 Å². The molecule has 0 N–H and O–H groups in total. The molecule has 50 valence electrons. The molecule has 1 aromatic carbocycles. The maximum atomic E-state index is 4.13. The van der Waals surface area contributed by atoms with E-state index < -0.39 is 0 Å². The van der Waals surface area contributed by atoms with Crippen molar-refractivity contribution in [1.82, 2.24) is 0 Å². The normalized spacial score (nSPS) is 8.60. The van der Waals surface area contributed by atoms with E-state index in [1.807, 2.05) is 12.1 Å². The van der Waals surface area contributed by atoms with Crippen LogP contribution >= 0.6 is 28.6 Å². The minimum atomic E-state index is 0. The Hall–Kier alpha value is 0.647. The number of thiol groups is 1. The van der Waals surface area contributed by atoms with Crippen LogP contribution in [0, 0.1) is 0 Å². The van der Waals surface area contributed by atoms with Gasteiger partial charge in [0.25, 0.3) is 0 Å². The number of halogens is 1. The monoisotopic (exact) mass is 210 g/mol. The molecule has 0 unspecified atom stereocenters. The molecule has 0 spiro atoms. The van der Waals surface area contributed by atoms with Gasteiger partial charge in [0, 0.05) is 10.2 Å². The first-order valence-corrected chi connectivity index (χ1v) is 4.11. The van der Waals surface area contributed by atoms with Crippen molar-refractivity contribution in [1.29, 1.82) is 0 Å². The Labute approximate surface area is 87.1 Å². The summed E-state index contributed by atoms with van der Waals surface area (Å²) in [5.41, 5.74) is 1.25. The summed E-state index contributed by atoms with van der Waals surface area (Å²) in [6.45, 7) is 0. The molecule has 0 radical (unpaired) electrons. The summed E-state index contributed by atoms with van der Waals surface area (Å²) in [7, 11) is 0. The summed E-state index contributed by atoms with van der Waals surface area (Å²) in [6.07, 6.45) is 0. The molecule has 3 heteroatoms. The summed E-state index contributed by atoms with van der Waals surface area (Å²) >= 11 is 7.48. The Morgan fingerprint density at radius 1 is 1.20 bits per heavy atom. The van der Waals surface area contributed by atoms with Crippen LogP contribution in [-0.4, -0.2) is 18.9 Å². The van der Waals surface area contributed by atoms with Crippen LogP contribution in [0.25, 0.3) is 0 Å². The third kappa shape index (κ3) is 3.16. The van der Waals surface area contributed by atoms with Crippen molar-refractivity contribution in [2.45, 2.75) is 5.75 Å². The zero-order chi connectivity index (χ0) is 6.69. The van der Waals surface area contributed by atoms with E-state index in [0.29, 0.717) is 0 Å². The second kappa shape index (κ2) is 5.32. The van der Waals surface area contributed by atoms with E-state index in [9.17, 15) is 0 Å². The molecule has 1 rings (SSSR count). The molecule has 0 saturated carbocycles. The van der Waals surface area contributed by atoms with Crippen molar-refractivity contribution < 1.29 is 0 Å². The van der Waals surface area contributed by atoms with Gasteiger partial charge in [-0.25, -0.2) is 0 Å². The van der Waals surface area contributed by atoms with Crippen LogP contribution in [0.1, 0.15) is 5.56 Å². The number of hydrogen-bond donors (Lipinski definition) is 1. The van der Waals surface area contributed by atoms with E-state index in [1.54, 1.807) is 0 Å². The SMILES string of the molecule is SCc1ccc(Br)cc1.[LiH]. The Morgan fingerprint density at radius 2 is 1.70 bits per heavy atom. The molecule has 0 aliphatic carbocycles. The molecule has 0 atom stereocenters. The van der Waals surface area contributed by atoms with E-state index in [0.717, 1.165) is 10.2 Å². The van der Waals surface area contributed by atoms with E-state index in [4.69, 9.17) is 0 Å². The Morgan fingerprint density at radius 3 is 2.10 bits per heavy atom. The van der Waals surface area contributed by atoms with Crippen LogP contribution in [0.5, 0.6) is 0 Å². The fourth-order valence-electron chi connectivity index (χ4n) is 0.590. The van der Waals surface area contributed by atoms with Crippen molar-refractivity contribution in [3.63, 3.8) is 0 Å². The van der Waals surface area contributed by atoms with E-state index in [2.05, 4.69) is 40.7 Å². The van der Waals surface area contributed by atoms with Crippen molar-refractivity contribution in [3.8, 4) is 0 Å². The predicted molar refractivity (Wildman–Crippen MR) is 54.0 cm³/mol. The molecule has 0 amide bonds. The van der Waals surface area contributed by atoms with Gasteiger partial charge < -0.3 is 0 Å². The summed E-state index contributed by atoms with van der Waals surface area (Å²) in [4.78, 5) is 0. The molecule has 0 aliphatic heterocycles. The maximum absolute atomic E-state index is 4.13. The van der Waals surface area contributed by atoms with Gasteiger partial charge in [0.1, 0.15) is 0 Å². The molecule has 0 heterocycles. The van der Waals surface area contributed by atoms with Gasteiger partial charge in [-0.1, -0.05) is 28.1 Å². The van der Waals surface area contributed by atoms with Gasteiger partial charge >= 0.3 is 18.9 Å². The average molecular weight is 211 g/mol. The molecule has 10 heavy (non-hydrogen) atoms. The van der Waals surface area contributed by atoms with Crippen molar-refractivity contribution in [2.75, 3.05) is 0 Å². The quantitative estimate of drug-likeness (QED) is 0.534. The number of benzene rings is 1. The Kier molecular flexibility index (Phi) is 5.66. The van der Waals surface area contributed by atoms with Gasteiger partial charge in [-0.2, -0.15) is 12.6 Å². The first kappa shape index (κ1) is 10.6. The molecule has 0 nitrogen and oxygen atoms in total. The van der Waals surface area contributed by atoms with Crippen LogP contribution in [0.2, 0.25) is 0 Å².